The van der Waals surface area contributed by atoms with Crippen LogP contribution in [0, 0.1) is 11.7 Å². The molecule has 1 atom stereocenters. The van der Waals surface area contributed by atoms with Crippen LogP contribution < -0.4 is 16.1 Å². The van der Waals surface area contributed by atoms with E-state index in [1.807, 2.05) is 9.47 Å². The molecule has 8 heteroatoms. The Labute approximate surface area is 161 Å². The summed E-state index contributed by atoms with van der Waals surface area (Å²) in [6.45, 7) is 9.14. The van der Waals surface area contributed by atoms with E-state index < -0.39 is 5.69 Å². The summed E-state index contributed by atoms with van der Waals surface area (Å²) < 4.78 is 17.8. The molecule has 0 aliphatic carbocycles. The fourth-order valence-corrected chi connectivity index (χ4v) is 3.75. The third kappa shape index (κ3) is 2.76. The van der Waals surface area contributed by atoms with Crippen molar-refractivity contribution in [1.29, 1.82) is 0 Å². The molecule has 28 heavy (non-hydrogen) atoms. The zero-order valence-electron chi connectivity index (χ0n) is 16.1. The molecule has 3 aromatic rings. The summed E-state index contributed by atoms with van der Waals surface area (Å²) in [7, 11) is 1.61. The molecule has 0 amide bonds. The van der Waals surface area contributed by atoms with Gasteiger partial charge in [-0.2, -0.15) is 4.98 Å². The van der Waals surface area contributed by atoms with E-state index in [2.05, 4.69) is 18.5 Å². The van der Waals surface area contributed by atoms with E-state index in [9.17, 15) is 14.0 Å². The SMILES string of the molecule is C=C(C)Cn1c(=O)c2c(nc3n2C[C@@H](C)CN3c2ccc(F)cc2)n(C)c1=O. The van der Waals surface area contributed by atoms with Gasteiger partial charge in [-0.15, -0.1) is 0 Å². The largest absolute Gasteiger partial charge is 0.332 e. The minimum atomic E-state index is -0.419. The molecular weight excluding hydrogens is 361 g/mol. The number of hydrogen-bond acceptors (Lipinski definition) is 4. The third-order valence-corrected chi connectivity index (χ3v) is 5.01. The van der Waals surface area contributed by atoms with Crippen LogP contribution >= 0.6 is 0 Å². The summed E-state index contributed by atoms with van der Waals surface area (Å²) in [6.07, 6.45) is 0. The van der Waals surface area contributed by atoms with Gasteiger partial charge < -0.3 is 9.47 Å². The molecule has 4 rings (SSSR count). The van der Waals surface area contributed by atoms with E-state index in [4.69, 9.17) is 0 Å². The molecule has 1 aliphatic rings. The van der Waals surface area contributed by atoms with E-state index >= 15 is 0 Å². The lowest BCUT2D eigenvalue weighted by Gasteiger charge is -2.32. The number of aromatic nitrogens is 4. The Bertz CT molecular complexity index is 1200. The molecule has 0 saturated heterocycles. The lowest BCUT2D eigenvalue weighted by atomic mass is 10.1. The van der Waals surface area contributed by atoms with Gasteiger partial charge in [-0.1, -0.05) is 19.1 Å². The average Bonchev–Trinajstić information content (AvgIpc) is 3.03. The predicted molar refractivity (Wildman–Crippen MR) is 107 cm³/mol. The number of imidazole rings is 1. The smallest absolute Gasteiger partial charge is 0.312 e. The monoisotopic (exact) mass is 383 g/mol. The number of hydrogen-bond donors (Lipinski definition) is 0. The quantitative estimate of drug-likeness (QED) is 0.652. The van der Waals surface area contributed by atoms with Crippen LogP contribution in [0.1, 0.15) is 13.8 Å². The van der Waals surface area contributed by atoms with E-state index in [-0.39, 0.29) is 23.8 Å². The molecule has 0 radical (unpaired) electrons. The number of nitrogens with zero attached hydrogens (tertiary/aromatic N) is 5. The first-order chi connectivity index (χ1) is 13.3. The van der Waals surface area contributed by atoms with Gasteiger partial charge >= 0.3 is 5.69 Å². The Morgan fingerprint density at radius 3 is 2.57 bits per heavy atom. The minimum absolute atomic E-state index is 0.166. The van der Waals surface area contributed by atoms with Gasteiger partial charge in [0.2, 0.25) is 5.95 Å². The predicted octanol–water partition coefficient (Wildman–Crippen LogP) is 2.40. The standard InChI is InChI=1S/C20H22FN5O2/c1-12(2)9-26-18(27)16-17(23(4)20(26)28)22-19-24(10-13(3)11-25(16)19)15-7-5-14(21)6-8-15/h5-8,13H,1,9-11H2,2-4H3/t13-/m0/s1. The van der Waals surface area contributed by atoms with Crippen LogP contribution in [0.15, 0.2) is 46.0 Å². The Balaban J connectivity index is 2.00. The number of anilines is 2. The maximum absolute atomic E-state index is 13.4. The molecule has 0 spiro atoms. The van der Waals surface area contributed by atoms with Crippen LogP contribution in [0.5, 0.6) is 0 Å². The lowest BCUT2D eigenvalue weighted by molar-refractivity contribution is 0.457. The van der Waals surface area contributed by atoms with Gasteiger partial charge in [-0.3, -0.25) is 13.9 Å². The van der Waals surface area contributed by atoms with Crippen molar-refractivity contribution in [2.45, 2.75) is 26.9 Å². The van der Waals surface area contributed by atoms with Gasteiger partial charge in [0, 0.05) is 25.8 Å². The van der Waals surface area contributed by atoms with Crippen LogP contribution in [-0.2, 0) is 20.1 Å². The molecule has 3 heterocycles. The van der Waals surface area contributed by atoms with Crippen LogP contribution in [0.4, 0.5) is 16.0 Å². The highest BCUT2D eigenvalue weighted by molar-refractivity contribution is 5.77. The summed E-state index contributed by atoms with van der Waals surface area (Å²) in [6, 6.07) is 6.18. The number of aryl methyl sites for hydroxylation is 1. The topological polar surface area (TPSA) is 65.1 Å². The van der Waals surface area contributed by atoms with E-state index in [0.717, 1.165) is 11.3 Å². The third-order valence-electron chi connectivity index (χ3n) is 5.01. The Hall–Kier alpha value is -3.16. The molecule has 1 aromatic carbocycles. The zero-order valence-corrected chi connectivity index (χ0v) is 16.1. The van der Waals surface area contributed by atoms with Crippen LogP contribution in [0.2, 0.25) is 0 Å². The Kier molecular flexibility index (Phi) is 4.21. The number of allylic oxidation sites excluding steroid dienone is 1. The van der Waals surface area contributed by atoms with Crippen molar-refractivity contribution >= 4 is 22.8 Å². The summed E-state index contributed by atoms with van der Waals surface area (Å²) >= 11 is 0. The van der Waals surface area contributed by atoms with Gasteiger partial charge in [0.15, 0.2) is 11.2 Å². The second kappa shape index (κ2) is 6.47. The van der Waals surface area contributed by atoms with Crippen molar-refractivity contribution in [1.82, 2.24) is 18.7 Å². The van der Waals surface area contributed by atoms with Crippen molar-refractivity contribution in [2.24, 2.45) is 13.0 Å². The number of rotatable bonds is 3. The van der Waals surface area contributed by atoms with E-state index in [0.29, 0.717) is 30.2 Å². The van der Waals surface area contributed by atoms with Crippen molar-refractivity contribution < 1.29 is 4.39 Å². The lowest BCUT2D eigenvalue weighted by Crippen LogP contribution is -2.40. The Morgan fingerprint density at radius 1 is 1.25 bits per heavy atom. The average molecular weight is 383 g/mol. The van der Waals surface area contributed by atoms with Gasteiger partial charge in [0.05, 0.1) is 6.54 Å². The van der Waals surface area contributed by atoms with Gasteiger partial charge in [0.1, 0.15) is 5.82 Å². The molecule has 7 nitrogen and oxygen atoms in total. The summed E-state index contributed by atoms with van der Waals surface area (Å²) in [5.74, 6) is 0.508. The zero-order chi connectivity index (χ0) is 20.2. The maximum atomic E-state index is 13.4. The molecule has 146 valence electrons. The van der Waals surface area contributed by atoms with E-state index in [1.54, 1.807) is 26.1 Å². The van der Waals surface area contributed by atoms with Crippen molar-refractivity contribution in [3.63, 3.8) is 0 Å². The van der Waals surface area contributed by atoms with Crippen molar-refractivity contribution in [3.05, 3.63) is 63.1 Å². The van der Waals surface area contributed by atoms with Crippen molar-refractivity contribution in [2.75, 3.05) is 11.4 Å². The number of halogens is 1. The molecule has 0 bridgehead atoms. The highest BCUT2D eigenvalue weighted by Crippen LogP contribution is 2.32. The minimum Gasteiger partial charge on any atom is -0.312 e. The Morgan fingerprint density at radius 2 is 1.93 bits per heavy atom. The second-order valence-corrected chi connectivity index (χ2v) is 7.58. The normalized spacial score (nSPS) is 16.4. The molecular formula is C20H22FN5O2. The summed E-state index contributed by atoms with van der Waals surface area (Å²) in [5.41, 5.74) is 1.47. The molecule has 0 unspecified atom stereocenters. The van der Waals surface area contributed by atoms with Gasteiger partial charge in [-0.05, 0) is 37.1 Å². The highest BCUT2D eigenvalue weighted by Gasteiger charge is 2.29. The molecule has 0 N–H and O–H groups in total. The van der Waals surface area contributed by atoms with Crippen LogP contribution in [-0.4, -0.2) is 25.2 Å². The first-order valence-corrected chi connectivity index (χ1v) is 9.15. The van der Waals surface area contributed by atoms with Crippen molar-refractivity contribution in [3.8, 4) is 0 Å². The van der Waals surface area contributed by atoms with Gasteiger partial charge in [-0.25, -0.2) is 9.18 Å². The number of benzene rings is 1. The maximum Gasteiger partial charge on any atom is 0.332 e. The fourth-order valence-electron chi connectivity index (χ4n) is 3.75. The summed E-state index contributed by atoms with van der Waals surface area (Å²) in [5, 5.41) is 0. The highest BCUT2D eigenvalue weighted by atomic mass is 19.1. The first kappa shape index (κ1) is 18.2. The molecule has 0 saturated carbocycles. The fraction of sp³-hybridized carbons (Fsp3) is 0.350. The molecule has 2 aromatic heterocycles. The first-order valence-electron chi connectivity index (χ1n) is 9.15. The van der Waals surface area contributed by atoms with Crippen LogP contribution in [0.25, 0.3) is 11.2 Å². The van der Waals surface area contributed by atoms with E-state index in [1.165, 1.54) is 21.3 Å². The summed E-state index contributed by atoms with van der Waals surface area (Å²) in [4.78, 5) is 32.4. The van der Waals surface area contributed by atoms with Gasteiger partial charge in [0.25, 0.3) is 5.56 Å². The van der Waals surface area contributed by atoms with Crippen LogP contribution in [0.3, 0.4) is 0 Å². The molecule has 0 fully saturated rings. The number of fused-ring (bicyclic) bond motifs is 3. The molecule has 1 aliphatic heterocycles. The second-order valence-electron chi connectivity index (χ2n) is 7.58.